The highest BCUT2D eigenvalue weighted by molar-refractivity contribution is 7.09. The maximum absolute atomic E-state index is 13.2. The summed E-state index contributed by atoms with van der Waals surface area (Å²) >= 11 is 1.57. The van der Waals surface area contributed by atoms with Crippen LogP contribution in [0.3, 0.4) is 0 Å². The molecule has 0 bridgehead atoms. The maximum atomic E-state index is 13.2. The summed E-state index contributed by atoms with van der Waals surface area (Å²) in [7, 11) is 1.84. The van der Waals surface area contributed by atoms with Crippen molar-refractivity contribution in [3.63, 3.8) is 0 Å². The molecule has 3 aromatic rings. The number of nitrogens with zero attached hydrogens (tertiary/aromatic N) is 3. The number of hydrogen-bond acceptors (Lipinski definition) is 4. The molecule has 5 heteroatoms. The van der Waals surface area contributed by atoms with Crippen LogP contribution in [0.1, 0.15) is 45.0 Å². The number of aromatic nitrogens is 2. The molecule has 0 aliphatic heterocycles. The van der Waals surface area contributed by atoms with Crippen molar-refractivity contribution >= 4 is 28.1 Å². The predicted octanol–water partition coefficient (Wildman–Crippen LogP) is 4.45. The zero-order valence-corrected chi connectivity index (χ0v) is 15.4. The number of carbonyl (C=O) groups is 1. The van der Waals surface area contributed by atoms with Crippen LogP contribution in [-0.4, -0.2) is 27.8 Å². The molecule has 0 aliphatic rings. The summed E-state index contributed by atoms with van der Waals surface area (Å²) in [4.78, 5) is 24.8. The van der Waals surface area contributed by atoms with E-state index in [4.69, 9.17) is 0 Å². The molecule has 124 valence electrons. The number of benzene rings is 1. The maximum Gasteiger partial charge on any atom is 0.254 e. The van der Waals surface area contributed by atoms with Gasteiger partial charge in [0.2, 0.25) is 0 Å². The summed E-state index contributed by atoms with van der Waals surface area (Å²) in [5.41, 5.74) is 6.50. The van der Waals surface area contributed by atoms with Crippen LogP contribution in [0.15, 0.2) is 29.9 Å². The molecule has 1 aromatic carbocycles. The lowest BCUT2D eigenvalue weighted by atomic mass is 10.0. The van der Waals surface area contributed by atoms with Gasteiger partial charge < -0.3 is 4.90 Å². The fourth-order valence-corrected chi connectivity index (χ4v) is 3.69. The van der Waals surface area contributed by atoms with Gasteiger partial charge in [-0.2, -0.15) is 0 Å². The Hall–Kier alpha value is -2.27. The molecule has 0 unspecified atom stereocenters. The zero-order valence-electron chi connectivity index (χ0n) is 14.6. The number of rotatable bonds is 3. The summed E-state index contributed by atoms with van der Waals surface area (Å²) in [5.74, 6) is 0.0106. The Labute approximate surface area is 146 Å². The van der Waals surface area contributed by atoms with Crippen LogP contribution < -0.4 is 0 Å². The number of amides is 1. The molecular formula is C19H21N3OS. The second kappa shape index (κ2) is 6.32. The summed E-state index contributed by atoms with van der Waals surface area (Å²) < 4.78 is 0. The first-order valence-corrected chi connectivity index (χ1v) is 8.80. The predicted molar refractivity (Wildman–Crippen MR) is 98.6 cm³/mol. The van der Waals surface area contributed by atoms with Crippen LogP contribution in [0.4, 0.5) is 0 Å². The Balaban J connectivity index is 2.09. The first-order valence-electron chi connectivity index (χ1n) is 7.92. The van der Waals surface area contributed by atoms with Gasteiger partial charge in [-0.15, -0.1) is 11.3 Å². The molecule has 2 aromatic heterocycles. The number of aryl methyl sites for hydroxylation is 3. The zero-order chi connectivity index (χ0) is 17.4. The van der Waals surface area contributed by atoms with Crippen molar-refractivity contribution in [2.45, 2.75) is 33.7 Å². The van der Waals surface area contributed by atoms with Crippen molar-refractivity contribution in [1.82, 2.24) is 14.9 Å². The average Bonchev–Trinajstić information content (AvgIpc) is 3.07. The highest BCUT2D eigenvalue weighted by Gasteiger charge is 2.22. The van der Waals surface area contributed by atoms with Gasteiger partial charge in [-0.1, -0.05) is 11.6 Å². The lowest BCUT2D eigenvalue weighted by Crippen LogP contribution is -2.29. The van der Waals surface area contributed by atoms with E-state index < -0.39 is 0 Å². The van der Waals surface area contributed by atoms with E-state index in [9.17, 15) is 4.79 Å². The second-order valence-electron chi connectivity index (χ2n) is 6.29. The van der Waals surface area contributed by atoms with Gasteiger partial charge in [-0.25, -0.2) is 0 Å². The van der Waals surface area contributed by atoms with Crippen LogP contribution in [-0.2, 0) is 0 Å². The molecule has 2 heterocycles. The van der Waals surface area contributed by atoms with Crippen LogP contribution >= 0.6 is 11.3 Å². The number of carbonyl (C=O) groups excluding carboxylic acids is 1. The van der Waals surface area contributed by atoms with E-state index in [0.29, 0.717) is 5.56 Å². The van der Waals surface area contributed by atoms with E-state index in [1.165, 1.54) is 0 Å². The molecule has 0 spiro atoms. The van der Waals surface area contributed by atoms with E-state index >= 15 is 0 Å². The lowest BCUT2D eigenvalue weighted by Gasteiger charge is -2.24. The van der Waals surface area contributed by atoms with E-state index in [2.05, 4.69) is 16.0 Å². The molecule has 4 nitrogen and oxygen atoms in total. The van der Waals surface area contributed by atoms with Crippen molar-refractivity contribution < 1.29 is 4.79 Å². The van der Waals surface area contributed by atoms with Gasteiger partial charge in [0.05, 0.1) is 22.6 Å². The summed E-state index contributed by atoms with van der Waals surface area (Å²) in [6.45, 7) is 8.05. The largest absolute Gasteiger partial charge is 0.334 e. The fraction of sp³-hybridized carbons (Fsp3) is 0.316. The molecule has 0 saturated carbocycles. The third-order valence-corrected chi connectivity index (χ3v) is 5.32. The third-order valence-electron chi connectivity index (χ3n) is 4.37. The number of thiazole rings is 1. The normalized spacial score (nSPS) is 12.4. The van der Waals surface area contributed by atoms with Gasteiger partial charge in [0.25, 0.3) is 5.91 Å². The summed E-state index contributed by atoms with van der Waals surface area (Å²) in [6.07, 6.45) is 1.82. The Morgan fingerprint density at radius 3 is 2.62 bits per heavy atom. The minimum Gasteiger partial charge on any atom is -0.334 e. The fourth-order valence-electron chi connectivity index (χ4n) is 2.97. The van der Waals surface area contributed by atoms with Crippen molar-refractivity contribution in [1.29, 1.82) is 0 Å². The SMILES string of the molecule is Cc1cc(C)c2nc(C)cc(C(=O)N(C)[C@H](C)c3cncs3)c2c1. The Morgan fingerprint density at radius 2 is 1.96 bits per heavy atom. The van der Waals surface area contributed by atoms with Gasteiger partial charge in [0.15, 0.2) is 0 Å². The minimum atomic E-state index is -0.0144. The molecule has 1 amide bonds. The number of pyridine rings is 1. The second-order valence-corrected chi connectivity index (χ2v) is 7.20. The molecule has 0 N–H and O–H groups in total. The topological polar surface area (TPSA) is 46.1 Å². The van der Waals surface area contributed by atoms with Gasteiger partial charge in [-0.3, -0.25) is 14.8 Å². The average molecular weight is 339 g/mol. The van der Waals surface area contributed by atoms with Crippen molar-refractivity contribution in [2.24, 2.45) is 0 Å². The van der Waals surface area contributed by atoms with Crippen LogP contribution in [0.25, 0.3) is 10.9 Å². The molecular weight excluding hydrogens is 318 g/mol. The van der Waals surface area contributed by atoms with Gasteiger partial charge in [0.1, 0.15) is 0 Å². The Morgan fingerprint density at radius 1 is 1.21 bits per heavy atom. The van der Waals surface area contributed by atoms with Crippen LogP contribution in [0.2, 0.25) is 0 Å². The molecule has 24 heavy (non-hydrogen) atoms. The van der Waals surface area contributed by atoms with E-state index in [1.807, 2.05) is 53.1 Å². The minimum absolute atomic E-state index is 0.0106. The quantitative estimate of drug-likeness (QED) is 0.708. The standard InChI is InChI=1S/C19H21N3OS/c1-11-6-12(2)18-15(7-11)16(8-13(3)21-18)19(23)22(5)14(4)17-9-20-10-24-17/h6-10,14H,1-5H3/t14-/m1/s1. The van der Waals surface area contributed by atoms with Gasteiger partial charge in [-0.05, 0) is 45.4 Å². The van der Waals surface area contributed by atoms with Crippen molar-refractivity contribution in [3.8, 4) is 0 Å². The van der Waals surface area contributed by atoms with Crippen molar-refractivity contribution in [3.05, 3.63) is 57.2 Å². The Bertz CT molecular complexity index is 903. The van der Waals surface area contributed by atoms with E-state index in [-0.39, 0.29) is 11.9 Å². The van der Waals surface area contributed by atoms with Crippen LogP contribution in [0.5, 0.6) is 0 Å². The molecule has 0 radical (unpaired) electrons. The van der Waals surface area contributed by atoms with Crippen molar-refractivity contribution in [2.75, 3.05) is 7.05 Å². The molecule has 1 atom stereocenters. The number of fused-ring (bicyclic) bond motifs is 1. The Kier molecular flexibility index (Phi) is 4.37. The van der Waals surface area contributed by atoms with Crippen LogP contribution in [0, 0.1) is 20.8 Å². The first kappa shape index (κ1) is 16.6. The highest BCUT2D eigenvalue weighted by atomic mass is 32.1. The number of hydrogen-bond donors (Lipinski definition) is 0. The molecule has 0 aliphatic carbocycles. The summed E-state index contributed by atoms with van der Waals surface area (Å²) in [5, 5.41) is 0.923. The molecule has 0 fully saturated rings. The third kappa shape index (κ3) is 2.91. The van der Waals surface area contributed by atoms with E-state index in [0.717, 1.165) is 32.6 Å². The first-order chi connectivity index (χ1) is 11.4. The highest BCUT2D eigenvalue weighted by Crippen LogP contribution is 2.28. The summed E-state index contributed by atoms with van der Waals surface area (Å²) in [6, 6.07) is 6.03. The van der Waals surface area contributed by atoms with Gasteiger partial charge >= 0.3 is 0 Å². The van der Waals surface area contributed by atoms with E-state index in [1.54, 1.807) is 21.7 Å². The molecule has 0 saturated heterocycles. The monoisotopic (exact) mass is 339 g/mol. The van der Waals surface area contributed by atoms with Gasteiger partial charge in [0, 0.05) is 29.2 Å². The lowest BCUT2D eigenvalue weighted by molar-refractivity contribution is 0.0746. The molecule has 3 rings (SSSR count). The smallest absolute Gasteiger partial charge is 0.254 e.